The number of morpholine rings is 1. The van der Waals surface area contributed by atoms with E-state index in [1.54, 1.807) is 18.4 Å². The first-order valence-corrected chi connectivity index (χ1v) is 8.75. The van der Waals surface area contributed by atoms with Gasteiger partial charge in [-0.2, -0.15) is 0 Å². The average molecular weight is 351 g/mol. The zero-order valence-electron chi connectivity index (χ0n) is 12.9. The minimum absolute atomic E-state index is 0.0530. The van der Waals surface area contributed by atoms with Gasteiger partial charge in [-0.1, -0.05) is 23.7 Å². The Morgan fingerprint density at radius 2 is 2.13 bits per heavy atom. The van der Waals surface area contributed by atoms with Crippen LogP contribution < -0.4 is 5.32 Å². The van der Waals surface area contributed by atoms with Crippen molar-refractivity contribution in [2.75, 3.05) is 26.7 Å². The Kier molecular flexibility index (Phi) is 5.33. The molecular formula is C17H19ClN2O2S. The summed E-state index contributed by atoms with van der Waals surface area (Å²) in [6.07, 6.45) is -0.371. The van der Waals surface area contributed by atoms with E-state index in [0.717, 1.165) is 18.1 Å². The van der Waals surface area contributed by atoms with E-state index in [4.69, 9.17) is 16.3 Å². The first-order chi connectivity index (χ1) is 11.2. The summed E-state index contributed by atoms with van der Waals surface area (Å²) in [6, 6.07) is 12.2. The van der Waals surface area contributed by atoms with Crippen LogP contribution >= 0.6 is 22.9 Å². The summed E-state index contributed by atoms with van der Waals surface area (Å²) in [5, 5.41) is 3.40. The Bertz CT molecular complexity index is 671. The van der Waals surface area contributed by atoms with Crippen molar-refractivity contribution in [3.05, 3.63) is 46.3 Å². The van der Waals surface area contributed by atoms with Crippen molar-refractivity contribution in [1.29, 1.82) is 0 Å². The predicted octanol–water partition coefficient (Wildman–Crippen LogP) is 3.02. The van der Waals surface area contributed by atoms with Crippen LogP contribution in [0.2, 0.25) is 5.02 Å². The highest BCUT2D eigenvalue weighted by molar-refractivity contribution is 7.15. The second kappa shape index (κ2) is 7.45. The maximum atomic E-state index is 11.7. The molecule has 0 aliphatic carbocycles. The van der Waals surface area contributed by atoms with Gasteiger partial charge in [0.25, 0.3) is 0 Å². The Morgan fingerprint density at radius 3 is 2.87 bits per heavy atom. The lowest BCUT2D eigenvalue weighted by Crippen LogP contribution is -2.48. The third-order valence-corrected chi connectivity index (χ3v) is 5.23. The molecule has 0 saturated carbocycles. The van der Waals surface area contributed by atoms with E-state index in [-0.39, 0.29) is 12.0 Å². The van der Waals surface area contributed by atoms with Gasteiger partial charge in [-0.05, 0) is 29.8 Å². The van der Waals surface area contributed by atoms with E-state index in [1.165, 1.54) is 15.3 Å². The fraction of sp³-hybridized carbons (Fsp3) is 0.353. The lowest BCUT2D eigenvalue weighted by atomic mass is 10.2. The van der Waals surface area contributed by atoms with Crippen molar-refractivity contribution in [3.63, 3.8) is 0 Å². The molecule has 1 aliphatic rings. The molecule has 2 heterocycles. The monoisotopic (exact) mass is 350 g/mol. The van der Waals surface area contributed by atoms with Crippen LogP contribution in [0, 0.1) is 0 Å². The van der Waals surface area contributed by atoms with Gasteiger partial charge >= 0.3 is 0 Å². The number of halogens is 1. The number of carbonyl (C=O) groups is 1. The molecule has 0 spiro atoms. The Labute approximate surface area is 145 Å². The molecule has 2 aromatic rings. The molecule has 0 radical (unpaired) electrons. The smallest absolute Gasteiger partial charge is 0.250 e. The lowest BCUT2D eigenvalue weighted by molar-refractivity contribution is -0.138. The maximum absolute atomic E-state index is 11.7. The highest BCUT2D eigenvalue weighted by Crippen LogP contribution is 2.30. The van der Waals surface area contributed by atoms with Gasteiger partial charge < -0.3 is 10.1 Å². The summed E-state index contributed by atoms with van der Waals surface area (Å²) in [7, 11) is 1.64. The summed E-state index contributed by atoms with van der Waals surface area (Å²) >= 11 is 7.71. The van der Waals surface area contributed by atoms with Gasteiger partial charge in [0.2, 0.25) is 5.91 Å². The largest absolute Gasteiger partial charge is 0.366 e. The molecule has 3 rings (SSSR count). The van der Waals surface area contributed by atoms with Crippen LogP contribution in [0.3, 0.4) is 0 Å². The molecule has 1 aromatic carbocycles. The number of thiophene rings is 1. The summed E-state index contributed by atoms with van der Waals surface area (Å²) in [5.74, 6) is -0.0530. The number of carbonyl (C=O) groups excluding carboxylic acids is 1. The molecule has 1 N–H and O–H groups in total. The Hall–Kier alpha value is -1.40. The fourth-order valence-corrected chi connectivity index (χ4v) is 3.80. The number of nitrogens with one attached hydrogen (secondary N) is 1. The standard InChI is InChI=1S/C17H19ClN2O2S/c1-19-17(21)15-11-20(8-9-22-15)10-14-6-7-16(23-14)12-2-4-13(18)5-3-12/h2-7,15H,8-11H2,1H3,(H,19,21). The zero-order chi connectivity index (χ0) is 16.2. The van der Waals surface area contributed by atoms with Gasteiger partial charge in [0, 0.05) is 41.5 Å². The van der Waals surface area contributed by atoms with E-state index in [0.29, 0.717) is 13.2 Å². The number of hydrogen-bond donors (Lipinski definition) is 1. The van der Waals surface area contributed by atoms with Crippen molar-refractivity contribution in [1.82, 2.24) is 10.2 Å². The van der Waals surface area contributed by atoms with Gasteiger partial charge in [-0.25, -0.2) is 0 Å². The number of likely N-dealkylation sites (N-methyl/N-ethyl adjacent to an activating group) is 1. The SMILES string of the molecule is CNC(=O)C1CN(Cc2ccc(-c3ccc(Cl)cc3)s2)CCO1. The van der Waals surface area contributed by atoms with Gasteiger partial charge in [0.1, 0.15) is 6.10 Å². The predicted molar refractivity (Wildman–Crippen MR) is 93.8 cm³/mol. The molecule has 1 aliphatic heterocycles. The number of hydrogen-bond acceptors (Lipinski definition) is 4. The third kappa shape index (κ3) is 4.12. The molecule has 122 valence electrons. The Balaban J connectivity index is 1.64. The van der Waals surface area contributed by atoms with E-state index < -0.39 is 0 Å². The summed E-state index contributed by atoms with van der Waals surface area (Å²) in [5.41, 5.74) is 1.18. The van der Waals surface area contributed by atoms with E-state index >= 15 is 0 Å². The molecule has 1 saturated heterocycles. The van der Waals surface area contributed by atoms with Crippen LogP contribution in [0.5, 0.6) is 0 Å². The average Bonchev–Trinajstić information content (AvgIpc) is 3.03. The van der Waals surface area contributed by atoms with Crippen molar-refractivity contribution in [2.24, 2.45) is 0 Å². The highest BCUT2D eigenvalue weighted by atomic mass is 35.5. The molecule has 0 bridgehead atoms. The lowest BCUT2D eigenvalue weighted by Gasteiger charge is -2.31. The van der Waals surface area contributed by atoms with Gasteiger partial charge in [-0.15, -0.1) is 11.3 Å². The van der Waals surface area contributed by atoms with E-state index in [1.807, 2.05) is 24.3 Å². The van der Waals surface area contributed by atoms with E-state index in [2.05, 4.69) is 22.3 Å². The second-order valence-electron chi connectivity index (χ2n) is 5.48. The molecule has 1 atom stereocenters. The van der Waals surface area contributed by atoms with Crippen LogP contribution in [0.1, 0.15) is 4.88 Å². The van der Waals surface area contributed by atoms with Crippen LogP contribution in [-0.4, -0.2) is 43.7 Å². The fourth-order valence-electron chi connectivity index (χ4n) is 2.62. The molecular weight excluding hydrogens is 332 g/mol. The number of ether oxygens (including phenoxy) is 1. The first kappa shape index (κ1) is 16.5. The van der Waals surface area contributed by atoms with Gasteiger partial charge in [0.05, 0.1) is 6.61 Å². The number of amides is 1. The number of benzene rings is 1. The van der Waals surface area contributed by atoms with Crippen LogP contribution in [-0.2, 0) is 16.1 Å². The zero-order valence-corrected chi connectivity index (χ0v) is 14.5. The third-order valence-electron chi connectivity index (χ3n) is 3.86. The number of rotatable bonds is 4. The maximum Gasteiger partial charge on any atom is 0.250 e. The van der Waals surface area contributed by atoms with Crippen LogP contribution in [0.4, 0.5) is 0 Å². The highest BCUT2D eigenvalue weighted by Gasteiger charge is 2.26. The van der Waals surface area contributed by atoms with Crippen molar-refractivity contribution >= 4 is 28.8 Å². The summed E-state index contributed by atoms with van der Waals surface area (Å²) < 4.78 is 5.52. The van der Waals surface area contributed by atoms with Gasteiger partial charge in [-0.3, -0.25) is 9.69 Å². The first-order valence-electron chi connectivity index (χ1n) is 7.56. The molecule has 1 fully saturated rings. The molecule has 1 amide bonds. The molecule has 6 heteroatoms. The van der Waals surface area contributed by atoms with Crippen LogP contribution in [0.15, 0.2) is 36.4 Å². The van der Waals surface area contributed by atoms with Gasteiger partial charge in [0.15, 0.2) is 0 Å². The summed E-state index contributed by atoms with van der Waals surface area (Å²) in [6.45, 7) is 2.91. The summed E-state index contributed by atoms with van der Waals surface area (Å²) in [4.78, 5) is 16.5. The second-order valence-corrected chi connectivity index (χ2v) is 7.09. The van der Waals surface area contributed by atoms with Crippen molar-refractivity contribution < 1.29 is 9.53 Å². The van der Waals surface area contributed by atoms with Crippen molar-refractivity contribution in [3.8, 4) is 10.4 Å². The van der Waals surface area contributed by atoms with Crippen molar-refractivity contribution in [2.45, 2.75) is 12.6 Å². The normalized spacial score (nSPS) is 18.8. The van der Waals surface area contributed by atoms with Crippen LogP contribution in [0.25, 0.3) is 10.4 Å². The molecule has 23 heavy (non-hydrogen) atoms. The quantitative estimate of drug-likeness (QED) is 0.921. The minimum atomic E-state index is -0.371. The minimum Gasteiger partial charge on any atom is -0.366 e. The molecule has 1 aromatic heterocycles. The number of nitrogens with zero attached hydrogens (tertiary/aromatic N) is 1. The Morgan fingerprint density at radius 1 is 1.35 bits per heavy atom. The van der Waals surface area contributed by atoms with E-state index in [9.17, 15) is 4.79 Å². The molecule has 4 nitrogen and oxygen atoms in total. The topological polar surface area (TPSA) is 41.6 Å². The molecule has 1 unspecified atom stereocenters.